The number of carbonyl (C=O) groups excluding carboxylic acids is 1. The highest BCUT2D eigenvalue weighted by Gasteiger charge is 2.42. The summed E-state index contributed by atoms with van der Waals surface area (Å²) in [5.41, 5.74) is 2.32. The van der Waals surface area contributed by atoms with Crippen molar-refractivity contribution in [3.05, 3.63) is 59.7 Å². The van der Waals surface area contributed by atoms with E-state index in [9.17, 15) is 14.7 Å². The maximum Gasteiger partial charge on any atom is 0.311 e. The second-order valence-corrected chi connectivity index (χ2v) is 7.70. The number of hydrogen-bond donors (Lipinski definition) is 1. The summed E-state index contributed by atoms with van der Waals surface area (Å²) in [6.07, 6.45) is 0.454. The van der Waals surface area contributed by atoms with Crippen LogP contribution < -0.4 is 0 Å². The van der Waals surface area contributed by atoms with Crippen molar-refractivity contribution < 1.29 is 19.1 Å². The fraction of sp³-hybridized carbons (Fsp3) is 0.273. The van der Waals surface area contributed by atoms with Gasteiger partial charge in [-0.2, -0.15) is 0 Å². The Morgan fingerprint density at radius 2 is 1.55 bits per heavy atom. The lowest BCUT2D eigenvalue weighted by Gasteiger charge is -2.20. The normalized spacial score (nSPS) is 18.8. The fourth-order valence-corrected chi connectivity index (χ4v) is 3.40. The minimum absolute atomic E-state index is 0.174. The summed E-state index contributed by atoms with van der Waals surface area (Å²) in [4.78, 5) is 25.7. The number of carbonyl (C=O) groups is 2. The molecule has 0 spiro atoms. The van der Waals surface area contributed by atoms with Crippen LogP contribution in [0.2, 0.25) is 0 Å². The highest BCUT2D eigenvalue weighted by Crippen LogP contribution is 2.31. The van der Waals surface area contributed by atoms with E-state index in [1.54, 1.807) is 36.1 Å². The van der Waals surface area contributed by atoms with E-state index in [0.717, 1.165) is 11.1 Å². The maximum atomic E-state index is 12.7. The third kappa shape index (κ3) is 3.63. The Kier molecular flexibility index (Phi) is 4.66. The molecule has 0 saturated carbocycles. The molecule has 1 aliphatic heterocycles. The van der Waals surface area contributed by atoms with Crippen molar-refractivity contribution in [3.63, 3.8) is 0 Å². The molecule has 7 heteroatoms. The van der Waals surface area contributed by atoms with Gasteiger partial charge in [0, 0.05) is 29.8 Å². The Bertz CT molecular complexity index is 1060. The van der Waals surface area contributed by atoms with Gasteiger partial charge < -0.3 is 14.4 Å². The molecule has 3 aromatic rings. The van der Waals surface area contributed by atoms with Crippen LogP contribution >= 0.6 is 0 Å². The molecule has 1 aliphatic rings. The van der Waals surface area contributed by atoms with Crippen molar-refractivity contribution in [2.45, 2.75) is 20.3 Å². The molecule has 148 valence electrons. The second kappa shape index (κ2) is 7.16. The molecule has 0 unspecified atom stereocenters. The number of aromatic nitrogens is 2. The number of hydrogen-bond acceptors (Lipinski definition) is 5. The van der Waals surface area contributed by atoms with Crippen LogP contribution in [0.1, 0.15) is 29.3 Å². The predicted molar refractivity (Wildman–Crippen MR) is 106 cm³/mol. The molecule has 0 radical (unpaired) electrons. The monoisotopic (exact) mass is 391 g/mol. The molecule has 1 amide bonds. The minimum Gasteiger partial charge on any atom is -0.481 e. The van der Waals surface area contributed by atoms with Crippen LogP contribution in [0, 0.1) is 12.3 Å². The van der Waals surface area contributed by atoms with Crippen molar-refractivity contribution in [2.75, 3.05) is 13.1 Å². The summed E-state index contributed by atoms with van der Waals surface area (Å²) in [6, 6.07) is 14.7. The third-order valence-electron chi connectivity index (χ3n) is 5.38. The SMILES string of the molecule is Cc1ccc(-c2nnc(-c3ccc(C(=O)N4CC[C@@](C)(C(=O)O)C4)cc3)o2)cc1. The molecule has 0 bridgehead atoms. The number of carboxylic acids is 1. The molecule has 29 heavy (non-hydrogen) atoms. The molecule has 0 aliphatic carbocycles. The van der Waals surface area contributed by atoms with Gasteiger partial charge in [0.15, 0.2) is 0 Å². The lowest BCUT2D eigenvalue weighted by Crippen LogP contribution is -2.34. The van der Waals surface area contributed by atoms with E-state index in [0.29, 0.717) is 35.9 Å². The van der Waals surface area contributed by atoms with Crippen molar-refractivity contribution in [1.82, 2.24) is 15.1 Å². The molecule has 1 N–H and O–H groups in total. The van der Waals surface area contributed by atoms with E-state index in [2.05, 4.69) is 10.2 Å². The van der Waals surface area contributed by atoms with Gasteiger partial charge in [0.2, 0.25) is 11.8 Å². The molecule has 1 fully saturated rings. The molecule has 1 saturated heterocycles. The van der Waals surface area contributed by atoms with Gasteiger partial charge in [-0.3, -0.25) is 9.59 Å². The lowest BCUT2D eigenvalue weighted by molar-refractivity contribution is -0.147. The van der Waals surface area contributed by atoms with E-state index in [-0.39, 0.29) is 12.5 Å². The van der Waals surface area contributed by atoms with Crippen LogP contribution in [0.3, 0.4) is 0 Å². The number of benzene rings is 2. The molecule has 7 nitrogen and oxygen atoms in total. The number of nitrogens with zero attached hydrogens (tertiary/aromatic N) is 3. The summed E-state index contributed by atoms with van der Waals surface area (Å²) < 4.78 is 5.77. The van der Waals surface area contributed by atoms with E-state index < -0.39 is 11.4 Å². The molecule has 4 rings (SSSR count). The maximum absolute atomic E-state index is 12.7. The fourth-order valence-electron chi connectivity index (χ4n) is 3.40. The summed E-state index contributed by atoms with van der Waals surface area (Å²) in [5.74, 6) is -0.235. The Morgan fingerprint density at radius 1 is 1.00 bits per heavy atom. The second-order valence-electron chi connectivity index (χ2n) is 7.70. The Hall–Kier alpha value is -3.48. The van der Waals surface area contributed by atoms with E-state index in [4.69, 9.17) is 4.42 Å². The lowest BCUT2D eigenvalue weighted by atomic mass is 9.90. The third-order valence-corrected chi connectivity index (χ3v) is 5.38. The molecule has 1 atom stereocenters. The van der Waals surface area contributed by atoms with Gasteiger partial charge in [0.05, 0.1) is 5.41 Å². The number of rotatable bonds is 4. The van der Waals surface area contributed by atoms with Gasteiger partial charge in [0.25, 0.3) is 5.91 Å². The Balaban J connectivity index is 1.49. The molecule has 2 aromatic carbocycles. The first-order valence-corrected chi connectivity index (χ1v) is 9.39. The van der Waals surface area contributed by atoms with Crippen LogP contribution in [-0.4, -0.2) is 45.2 Å². The van der Waals surface area contributed by atoms with Crippen LogP contribution in [-0.2, 0) is 4.79 Å². The van der Waals surface area contributed by atoms with Crippen molar-refractivity contribution in [2.24, 2.45) is 5.41 Å². The van der Waals surface area contributed by atoms with Crippen LogP contribution in [0.4, 0.5) is 0 Å². The van der Waals surface area contributed by atoms with E-state index in [1.807, 2.05) is 31.2 Å². The standard InChI is InChI=1S/C22H21N3O4/c1-14-3-5-15(6-4-14)18-23-24-19(29-18)16-7-9-17(10-8-16)20(26)25-12-11-22(2,13-25)21(27)28/h3-10H,11-13H2,1-2H3,(H,27,28)/t22-/m1/s1. The number of carboxylic acid groups (broad SMARTS) is 1. The zero-order chi connectivity index (χ0) is 20.6. The average molecular weight is 391 g/mol. The Morgan fingerprint density at radius 3 is 2.07 bits per heavy atom. The number of aliphatic carboxylic acids is 1. The first-order valence-electron chi connectivity index (χ1n) is 9.39. The number of aryl methyl sites for hydroxylation is 1. The van der Waals surface area contributed by atoms with Gasteiger partial charge in [-0.25, -0.2) is 0 Å². The van der Waals surface area contributed by atoms with Crippen molar-refractivity contribution >= 4 is 11.9 Å². The zero-order valence-corrected chi connectivity index (χ0v) is 16.3. The molecular formula is C22H21N3O4. The smallest absolute Gasteiger partial charge is 0.311 e. The topological polar surface area (TPSA) is 96.5 Å². The van der Waals surface area contributed by atoms with Crippen LogP contribution in [0.15, 0.2) is 52.9 Å². The first-order chi connectivity index (χ1) is 13.9. The highest BCUT2D eigenvalue weighted by atomic mass is 16.4. The molecular weight excluding hydrogens is 370 g/mol. The number of amides is 1. The average Bonchev–Trinajstić information content (AvgIpc) is 3.36. The van der Waals surface area contributed by atoms with Gasteiger partial charge in [0.1, 0.15) is 0 Å². The van der Waals surface area contributed by atoms with Crippen LogP contribution in [0.25, 0.3) is 22.9 Å². The summed E-state index contributed by atoms with van der Waals surface area (Å²) in [5, 5.41) is 17.5. The Labute approximate surface area is 168 Å². The quantitative estimate of drug-likeness (QED) is 0.729. The zero-order valence-electron chi connectivity index (χ0n) is 16.3. The van der Waals surface area contributed by atoms with Gasteiger partial charge >= 0.3 is 5.97 Å². The summed E-state index contributed by atoms with van der Waals surface area (Å²) in [7, 11) is 0. The number of likely N-dealkylation sites (tertiary alicyclic amines) is 1. The predicted octanol–water partition coefficient (Wildman–Crippen LogP) is 3.65. The van der Waals surface area contributed by atoms with E-state index in [1.165, 1.54) is 0 Å². The largest absolute Gasteiger partial charge is 0.481 e. The van der Waals surface area contributed by atoms with Gasteiger partial charge in [-0.1, -0.05) is 17.7 Å². The molecule has 2 heterocycles. The van der Waals surface area contributed by atoms with Gasteiger partial charge in [-0.15, -0.1) is 10.2 Å². The minimum atomic E-state index is -0.883. The van der Waals surface area contributed by atoms with Crippen molar-refractivity contribution in [1.29, 1.82) is 0 Å². The first kappa shape index (κ1) is 18.9. The highest BCUT2D eigenvalue weighted by molar-refractivity contribution is 5.95. The summed E-state index contributed by atoms with van der Waals surface area (Å²) in [6.45, 7) is 4.34. The van der Waals surface area contributed by atoms with Crippen LogP contribution in [0.5, 0.6) is 0 Å². The summed E-state index contributed by atoms with van der Waals surface area (Å²) >= 11 is 0. The van der Waals surface area contributed by atoms with Gasteiger partial charge in [-0.05, 0) is 56.7 Å². The molecule has 1 aromatic heterocycles. The van der Waals surface area contributed by atoms with E-state index >= 15 is 0 Å². The van der Waals surface area contributed by atoms with Crippen molar-refractivity contribution in [3.8, 4) is 22.9 Å².